The van der Waals surface area contributed by atoms with Gasteiger partial charge in [-0.15, -0.1) is 5.10 Å². The number of hydrogen-bond acceptors (Lipinski definition) is 6. The molecule has 164 valence electrons. The van der Waals surface area contributed by atoms with Gasteiger partial charge in [0.05, 0.1) is 5.52 Å². The first-order valence-corrected chi connectivity index (χ1v) is 11.3. The van der Waals surface area contributed by atoms with Gasteiger partial charge in [0.2, 0.25) is 5.95 Å². The van der Waals surface area contributed by atoms with E-state index >= 15 is 0 Å². The number of hydrogen-bond donors (Lipinski definition) is 0. The van der Waals surface area contributed by atoms with Crippen molar-refractivity contribution in [3.8, 4) is 11.4 Å². The summed E-state index contributed by atoms with van der Waals surface area (Å²) in [4.78, 5) is 18.9. The molecule has 7 heteroatoms. The van der Waals surface area contributed by atoms with Gasteiger partial charge >= 0.3 is 0 Å². The van der Waals surface area contributed by atoms with Crippen LogP contribution in [0.15, 0.2) is 67.0 Å². The Morgan fingerprint density at radius 2 is 1.61 bits per heavy atom. The second-order valence-electron chi connectivity index (χ2n) is 8.53. The van der Waals surface area contributed by atoms with Crippen LogP contribution in [0, 0.1) is 13.8 Å². The molecular weight excluding hydrogens is 410 g/mol. The summed E-state index contributed by atoms with van der Waals surface area (Å²) in [5, 5.41) is 5.86. The molecule has 33 heavy (non-hydrogen) atoms. The Labute approximate surface area is 192 Å². The quantitative estimate of drug-likeness (QED) is 0.421. The van der Waals surface area contributed by atoms with Gasteiger partial charge in [-0.05, 0) is 55.3 Å². The van der Waals surface area contributed by atoms with Crippen molar-refractivity contribution in [3.63, 3.8) is 0 Å². The SMILES string of the molecule is Cc1cccc(N2CCN(c3nc4ccccc4c4nc(-c5cccnc5)nn34)CC2)c1C. The van der Waals surface area contributed by atoms with Crippen molar-refractivity contribution in [2.24, 2.45) is 0 Å². The van der Waals surface area contributed by atoms with Crippen molar-refractivity contribution in [2.75, 3.05) is 36.0 Å². The third-order valence-corrected chi connectivity index (χ3v) is 6.56. The van der Waals surface area contributed by atoms with E-state index in [0.717, 1.165) is 54.2 Å². The normalized spacial score (nSPS) is 14.4. The topological polar surface area (TPSA) is 62.5 Å². The number of benzene rings is 2. The molecule has 1 aliphatic heterocycles. The number of nitrogens with zero attached hydrogens (tertiary/aromatic N) is 7. The summed E-state index contributed by atoms with van der Waals surface area (Å²) in [6, 6.07) is 18.6. The predicted molar refractivity (Wildman–Crippen MR) is 132 cm³/mol. The molecule has 0 saturated carbocycles. The molecule has 1 aliphatic rings. The molecule has 0 unspecified atom stereocenters. The molecule has 3 aromatic heterocycles. The highest BCUT2D eigenvalue weighted by molar-refractivity contribution is 5.93. The summed E-state index contributed by atoms with van der Waals surface area (Å²) in [6.07, 6.45) is 3.56. The Kier molecular flexibility index (Phi) is 4.68. The monoisotopic (exact) mass is 435 g/mol. The highest BCUT2D eigenvalue weighted by atomic mass is 15.4. The van der Waals surface area contributed by atoms with Crippen LogP contribution in [0.4, 0.5) is 11.6 Å². The maximum Gasteiger partial charge on any atom is 0.229 e. The standard InChI is InChI=1S/C26H25N7/c1-18-7-5-11-23(19(18)2)31-13-15-32(16-14-31)26-28-22-10-4-3-9-21(22)25-29-24(30-33(25)26)20-8-6-12-27-17-20/h3-12,17H,13-16H2,1-2H3. The lowest BCUT2D eigenvalue weighted by atomic mass is 10.1. The number of aromatic nitrogens is 5. The molecule has 1 saturated heterocycles. The van der Waals surface area contributed by atoms with Crippen LogP contribution < -0.4 is 9.80 Å². The fourth-order valence-electron chi connectivity index (χ4n) is 4.59. The number of piperazine rings is 1. The van der Waals surface area contributed by atoms with E-state index in [9.17, 15) is 0 Å². The van der Waals surface area contributed by atoms with Crippen molar-refractivity contribution < 1.29 is 0 Å². The Balaban J connectivity index is 1.39. The Hall–Kier alpha value is -4.00. The van der Waals surface area contributed by atoms with Crippen LogP contribution in [0.3, 0.4) is 0 Å². The number of rotatable bonds is 3. The van der Waals surface area contributed by atoms with Crippen molar-refractivity contribution in [2.45, 2.75) is 13.8 Å². The second-order valence-corrected chi connectivity index (χ2v) is 8.53. The second kappa shape index (κ2) is 7.85. The van der Waals surface area contributed by atoms with Crippen LogP contribution in [-0.4, -0.2) is 50.7 Å². The fourth-order valence-corrected chi connectivity index (χ4v) is 4.59. The number of anilines is 2. The van der Waals surface area contributed by atoms with Crippen LogP contribution in [0.2, 0.25) is 0 Å². The molecule has 0 aliphatic carbocycles. The molecule has 1 fully saturated rings. The lowest BCUT2D eigenvalue weighted by Crippen LogP contribution is -2.47. The van der Waals surface area contributed by atoms with Crippen molar-refractivity contribution in [3.05, 3.63) is 78.1 Å². The van der Waals surface area contributed by atoms with Crippen molar-refractivity contribution in [1.29, 1.82) is 0 Å². The molecule has 2 aromatic carbocycles. The van der Waals surface area contributed by atoms with Crippen LogP contribution in [0.1, 0.15) is 11.1 Å². The van der Waals surface area contributed by atoms with Gasteiger partial charge in [0.1, 0.15) is 0 Å². The molecule has 5 aromatic rings. The van der Waals surface area contributed by atoms with Gasteiger partial charge in [-0.3, -0.25) is 4.98 Å². The van der Waals surface area contributed by atoms with Gasteiger partial charge in [-0.1, -0.05) is 24.3 Å². The minimum Gasteiger partial charge on any atom is -0.368 e. The predicted octanol–water partition coefficient (Wildman–Crippen LogP) is 4.28. The zero-order valence-electron chi connectivity index (χ0n) is 18.8. The Morgan fingerprint density at radius 3 is 2.42 bits per heavy atom. The van der Waals surface area contributed by atoms with Gasteiger partial charge in [0.15, 0.2) is 11.5 Å². The zero-order valence-corrected chi connectivity index (χ0v) is 18.8. The Bertz CT molecular complexity index is 1450. The molecule has 0 amide bonds. The smallest absolute Gasteiger partial charge is 0.229 e. The summed E-state index contributed by atoms with van der Waals surface area (Å²) >= 11 is 0. The first kappa shape index (κ1) is 19.7. The van der Waals surface area contributed by atoms with Crippen LogP contribution in [0.5, 0.6) is 0 Å². The average molecular weight is 436 g/mol. The van der Waals surface area contributed by atoms with Gasteiger partial charge < -0.3 is 9.80 Å². The minimum absolute atomic E-state index is 0.663. The van der Waals surface area contributed by atoms with Gasteiger partial charge in [-0.2, -0.15) is 4.52 Å². The number of fused-ring (bicyclic) bond motifs is 3. The van der Waals surface area contributed by atoms with Crippen LogP contribution in [-0.2, 0) is 0 Å². The average Bonchev–Trinajstić information content (AvgIpc) is 3.32. The maximum atomic E-state index is 5.02. The van der Waals surface area contributed by atoms with E-state index < -0.39 is 0 Å². The molecule has 0 radical (unpaired) electrons. The van der Waals surface area contributed by atoms with E-state index in [4.69, 9.17) is 15.1 Å². The Morgan fingerprint density at radius 1 is 0.788 bits per heavy atom. The third-order valence-electron chi connectivity index (χ3n) is 6.56. The summed E-state index contributed by atoms with van der Waals surface area (Å²) in [5.74, 6) is 1.50. The molecular formula is C26H25N7. The first-order valence-electron chi connectivity index (χ1n) is 11.3. The molecule has 4 heterocycles. The highest BCUT2D eigenvalue weighted by Gasteiger charge is 2.24. The van der Waals surface area contributed by atoms with E-state index in [2.05, 4.69) is 52.9 Å². The zero-order chi connectivity index (χ0) is 22.4. The van der Waals surface area contributed by atoms with E-state index in [0.29, 0.717) is 5.82 Å². The first-order chi connectivity index (χ1) is 16.2. The van der Waals surface area contributed by atoms with E-state index in [1.807, 2.05) is 34.8 Å². The lowest BCUT2D eigenvalue weighted by molar-refractivity contribution is 0.631. The molecule has 0 bridgehead atoms. The molecule has 6 rings (SSSR count). The van der Waals surface area contributed by atoms with E-state index in [-0.39, 0.29) is 0 Å². The largest absolute Gasteiger partial charge is 0.368 e. The fraction of sp³-hybridized carbons (Fsp3) is 0.231. The maximum absolute atomic E-state index is 5.02. The van der Waals surface area contributed by atoms with Gasteiger partial charge in [0.25, 0.3) is 0 Å². The van der Waals surface area contributed by atoms with Crippen molar-refractivity contribution in [1.82, 2.24) is 24.6 Å². The number of aryl methyl sites for hydroxylation is 1. The summed E-state index contributed by atoms with van der Waals surface area (Å²) < 4.78 is 1.90. The number of para-hydroxylation sites is 1. The number of pyridine rings is 1. The summed E-state index contributed by atoms with van der Waals surface area (Å²) in [5.41, 5.74) is 6.67. The van der Waals surface area contributed by atoms with Crippen molar-refractivity contribution >= 4 is 28.2 Å². The minimum atomic E-state index is 0.663. The molecule has 0 atom stereocenters. The summed E-state index contributed by atoms with van der Waals surface area (Å²) in [7, 11) is 0. The lowest BCUT2D eigenvalue weighted by Gasteiger charge is -2.37. The molecule has 7 nitrogen and oxygen atoms in total. The highest BCUT2D eigenvalue weighted by Crippen LogP contribution is 2.28. The summed E-state index contributed by atoms with van der Waals surface area (Å²) in [6.45, 7) is 8.00. The molecule has 0 N–H and O–H groups in total. The third kappa shape index (κ3) is 3.36. The van der Waals surface area contributed by atoms with Crippen LogP contribution >= 0.6 is 0 Å². The van der Waals surface area contributed by atoms with E-state index in [1.165, 1.54) is 16.8 Å². The van der Waals surface area contributed by atoms with Gasteiger partial charge in [-0.25, -0.2) is 9.97 Å². The van der Waals surface area contributed by atoms with Crippen LogP contribution in [0.25, 0.3) is 27.9 Å². The molecule has 0 spiro atoms. The van der Waals surface area contributed by atoms with E-state index in [1.54, 1.807) is 12.4 Å². The van der Waals surface area contributed by atoms with Gasteiger partial charge in [0, 0.05) is 55.2 Å².